The summed E-state index contributed by atoms with van der Waals surface area (Å²) in [6, 6.07) is 12.6. The van der Waals surface area contributed by atoms with Crippen molar-refractivity contribution in [3.05, 3.63) is 106 Å². The van der Waals surface area contributed by atoms with Crippen molar-refractivity contribution in [3.8, 4) is 0 Å². The third kappa shape index (κ3) is 5.73. The summed E-state index contributed by atoms with van der Waals surface area (Å²) in [5.41, 5.74) is 11.6. The molecule has 53 heavy (non-hydrogen) atoms. The lowest BCUT2D eigenvalue weighted by Gasteiger charge is -2.53. The number of allylic oxidation sites excluding steroid dienone is 10. The first-order valence-electron chi connectivity index (χ1n) is 23.0. The first kappa shape index (κ1) is 34.9. The highest BCUT2D eigenvalue weighted by molar-refractivity contribution is 5.47. The topological polar surface area (TPSA) is 3.24 Å². The van der Waals surface area contributed by atoms with Gasteiger partial charge in [-0.1, -0.05) is 135 Å². The minimum atomic E-state index is 0.269. The molecule has 0 aliphatic heterocycles. The minimum absolute atomic E-state index is 0.269. The fourth-order valence-corrected chi connectivity index (χ4v) is 15.5. The lowest BCUT2D eigenvalue weighted by atomic mass is 9.53. The Balaban J connectivity index is 1.04. The van der Waals surface area contributed by atoms with Gasteiger partial charge in [0.05, 0.1) is 0 Å². The third-order valence-corrected chi connectivity index (χ3v) is 17.5. The van der Waals surface area contributed by atoms with Crippen molar-refractivity contribution in [2.45, 2.75) is 167 Å². The zero-order valence-corrected chi connectivity index (χ0v) is 33.4. The van der Waals surface area contributed by atoms with Crippen LogP contribution < -0.4 is 0 Å². The van der Waals surface area contributed by atoms with Crippen LogP contribution in [0.1, 0.15) is 160 Å². The fraction of sp³-hybridized carbons (Fsp3) is 0.654. The maximum Gasteiger partial charge on any atom is 0.0476 e. The van der Waals surface area contributed by atoms with Gasteiger partial charge in [0, 0.05) is 23.2 Å². The van der Waals surface area contributed by atoms with Crippen LogP contribution in [0, 0.1) is 46.3 Å². The number of hydrogen-bond acceptors (Lipinski definition) is 1. The maximum atomic E-state index is 3.13. The molecule has 1 aromatic rings. The lowest BCUT2D eigenvalue weighted by Crippen LogP contribution is -2.49. The first-order chi connectivity index (χ1) is 26.0. The number of rotatable bonds is 6. The second-order valence-electron chi connectivity index (χ2n) is 20.0. The van der Waals surface area contributed by atoms with Crippen LogP contribution >= 0.6 is 0 Å². The molecule has 3 saturated carbocycles. The van der Waals surface area contributed by atoms with Crippen molar-refractivity contribution in [3.63, 3.8) is 0 Å². The summed E-state index contributed by atoms with van der Waals surface area (Å²) in [6.45, 7) is 5.31. The smallest absolute Gasteiger partial charge is 0.0476 e. The molecule has 1 heteroatoms. The number of nitrogens with zero attached hydrogens (tertiary/aromatic N) is 1. The average molecular weight is 708 g/mol. The molecule has 1 nitrogen and oxygen atoms in total. The predicted molar refractivity (Wildman–Crippen MR) is 222 cm³/mol. The molecule has 9 aliphatic carbocycles. The van der Waals surface area contributed by atoms with Crippen molar-refractivity contribution in [1.82, 2.24) is 4.90 Å². The Labute approximate surface area is 323 Å². The molecule has 9 aliphatic rings. The first-order valence-corrected chi connectivity index (χ1v) is 23.0. The second-order valence-corrected chi connectivity index (χ2v) is 20.0. The van der Waals surface area contributed by atoms with Gasteiger partial charge in [-0.3, -0.25) is 0 Å². The van der Waals surface area contributed by atoms with Crippen molar-refractivity contribution < 1.29 is 0 Å². The Morgan fingerprint density at radius 3 is 2.38 bits per heavy atom. The molecule has 3 fully saturated rings. The molecule has 0 N–H and O–H groups in total. The molecule has 0 radical (unpaired) electrons. The molecule has 10 atom stereocenters. The summed E-state index contributed by atoms with van der Waals surface area (Å²) in [5, 5.41) is 0. The van der Waals surface area contributed by atoms with E-state index in [2.05, 4.69) is 91.6 Å². The third-order valence-electron chi connectivity index (χ3n) is 17.5. The van der Waals surface area contributed by atoms with E-state index in [1.165, 1.54) is 135 Å². The summed E-state index contributed by atoms with van der Waals surface area (Å²) in [7, 11) is 0. The van der Waals surface area contributed by atoms with Gasteiger partial charge in [0.25, 0.3) is 0 Å². The summed E-state index contributed by atoms with van der Waals surface area (Å²) in [5.74, 6) is 5.70. The largest absolute Gasteiger partial charge is 0.365 e. The van der Waals surface area contributed by atoms with Gasteiger partial charge in [-0.2, -0.15) is 0 Å². The summed E-state index contributed by atoms with van der Waals surface area (Å²) in [6.07, 6.45) is 47.7. The Bertz CT molecular complexity index is 1710. The second kappa shape index (κ2) is 14.2. The highest BCUT2D eigenvalue weighted by atomic mass is 15.2. The van der Waals surface area contributed by atoms with E-state index in [0.29, 0.717) is 29.3 Å². The molecular weight excluding hydrogens is 639 g/mol. The van der Waals surface area contributed by atoms with E-state index in [1.54, 1.807) is 11.3 Å². The molecular formula is C52H69N. The predicted octanol–water partition coefficient (Wildman–Crippen LogP) is 14.0. The summed E-state index contributed by atoms with van der Waals surface area (Å²) >= 11 is 0. The Morgan fingerprint density at radius 2 is 1.55 bits per heavy atom. The van der Waals surface area contributed by atoms with Crippen LogP contribution in [0.4, 0.5) is 0 Å². The van der Waals surface area contributed by atoms with E-state index in [-0.39, 0.29) is 5.41 Å². The Hall–Kier alpha value is -2.54. The molecule has 0 heterocycles. The highest BCUT2D eigenvalue weighted by Gasteiger charge is 2.59. The van der Waals surface area contributed by atoms with Gasteiger partial charge >= 0.3 is 0 Å². The monoisotopic (exact) mass is 708 g/mol. The van der Waals surface area contributed by atoms with Gasteiger partial charge in [-0.15, -0.1) is 0 Å². The summed E-state index contributed by atoms with van der Waals surface area (Å²) in [4.78, 5) is 3.13. The van der Waals surface area contributed by atoms with E-state index in [4.69, 9.17) is 0 Å². The highest BCUT2D eigenvalue weighted by Crippen LogP contribution is 2.68. The molecule has 0 amide bonds. The number of benzene rings is 1. The van der Waals surface area contributed by atoms with Crippen LogP contribution in [0.3, 0.4) is 0 Å². The van der Waals surface area contributed by atoms with Crippen LogP contribution in [0.15, 0.2) is 101 Å². The van der Waals surface area contributed by atoms with Crippen molar-refractivity contribution in [2.75, 3.05) is 0 Å². The van der Waals surface area contributed by atoms with Gasteiger partial charge in [-0.05, 0) is 162 Å². The Morgan fingerprint density at radius 1 is 0.717 bits per heavy atom. The zero-order chi connectivity index (χ0) is 35.6. The van der Waals surface area contributed by atoms with Crippen LogP contribution in [-0.2, 0) is 0 Å². The average Bonchev–Trinajstić information content (AvgIpc) is 3.65. The van der Waals surface area contributed by atoms with E-state index in [1.807, 2.05) is 22.3 Å². The van der Waals surface area contributed by atoms with E-state index in [0.717, 1.165) is 29.6 Å². The maximum absolute atomic E-state index is 3.13. The van der Waals surface area contributed by atoms with Crippen LogP contribution in [0.5, 0.6) is 0 Å². The molecule has 0 saturated heterocycles. The number of hydrogen-bond donors (Lipinski definition) is 0. The SMILES string of the molecule is CC1(C)C2=CC(N(C3=CCC(c4ccccc4)CC3)C3CC=CC(C4(C5=CC=CCC5)C5=C(CCCC5)C5CCCCC54)C3)CCC2C2CCCCC21. The van der Waals surface area contributed by atoms with Crippen LogP contribution in [0.25, 0.3) is 0 Å². The quantitative estimate of drug-likeness (QED) is 0.266. The fourth-order valence-electron chi connectivity index (χ4n) is 15.5. The van der Waals surface area contributed by atoms with Crippen molar-refractivity contribution in [2.24, 2.45) is 46.3 Å². The minimum Gasteiger partial charge on any atom is -0.365 e. The van der Waals surface area contributed by atoms with Gasteiger partial charge < -0.3 is 4.90 Å². The van der Waals surface area contributed by atoms with Gasteiger partial charge in [-0.25, -0.2) is 0 Å². The van der Waals surface area contributed by atoms with Crippen LogP contribution in [0.2, 0.25) is 0 Å². The summed E-state index contributed by atoms with van der Waals surface area (Å²) < 4.78 is 0. The molecule has 282 valence electrons. The zero-order valence-electron chi connectivity index (χ0n) is 33.4. The normalized spacial score (nSPS) is 40.3. The molecule has 0 aromatic heterocycles. The van der Waals surface area contributed by atoms with E-state index < -0.39 is 0 Å². The Kier molecular flexibility index (Phi) is 9.35. The molecule has 0 bridgehead atoms. The van der Waals surface area contributed by atoms with Crippen molar-refractivity contribution in [1.29, 1.82) is 0 Å². The van der Waals surface area contributed by atoms with Crippen LogP contribution in [-0.4, -0.2) is 17.0 Å². The van der Waals surface area contributed by atoms with Crippen molar-refractivity contribution >= 4 is 0 Å². The number of fused-ring (bicyclic) bond motifs is 5. The van der Waals surface area contributed by atoms with Gasteiger partial charge in [0.1, 0.15) is 0 Å². The van der Waals surface area contributed by atoms with E-state index in [9.17, 15) is 0 Å². The van der Waals surface area contributed by atoms with Gasteiger partial charge in [0.15, 0.2) is 0 Å². The molecule has 0 spiro atoms. The van der Waals surface area contributed by atoms with E-state index >= 15 is 0 Å². The lowest BCUT2D eigenvalue weighted by molar-refractivity contribution is 0.0841. The molecule has 10 unspecified atom stereocenters. The molecule has 1 aromatic carbocycles. The van der Waals surface area contributed by atoms with Gasteiger partial charge in [0.2, 0.25) is 0 Å². The molecule has 10 rings (SSSR count). The standard InChI is InChI=1S/C52H69N/c1-51(2)47-25-12-9-22-43(47)46-33-32-42(35-50(46)51)53(40-30-28-37(29-31-40)36-16-5-3-6-17-36)41-21-15-20-39(34-41)52(38-18-7-4-8-19-38)48-26-13-10-23-44(48)45-24-11-14-27-49(45)52/h3-7,15-18,20,30,35,37,39,41-44,46-48H,8-14,19,21-29,31-34H2,1-2H3.